The summed E-state index contributed by atoms with van der Waals surface area (Å²) in [5, 5.41) is 0. The number of thiophene rings is 1. The lowest BCUT2D eigenvalue weighted by atomic mass is 10.2. The first kappa shape index (κ1) is 9.55. The van der Waals surface area contributed by atoms with Gasteiger partial charge in [0.25, 0.3) is 6.01 Å². The molecule has 0 aliphatic heterocycles. The lowest BCUT2D eigenvalue weighted by Crippen LogP contribution is -1.85. The van der Waals surface area contributed by atoms with Crippen molar-refractivity contribution in [1.29, 1.82) is 0 Å². The zero-order chi connectivity index (χ0) is 10.1. The zero-order valence-corrected chi connectivity index (χ0v) is 9.15. The Balaban J connectivity index is 2.49. The molecular weight excluding hydrogens is 220 g/mol. The van der Waals surface area contributed by atoms with Crippen molar-refractivity contribution in [2.24, 2.45) is 0 Å². The molecule has 2 rings (SSSR count). The fraction of sp³-hybridized carbons (Fsp3) is 0.222. The Labute approximate surface area is 90.5 Å². The van der Waals surface area contributed by atoms with Gasteiger partial charge in [0.2, 0.25) is 0 Å². The third-order valence-corrected chi connectivity index (χ3v) is 3.08. The van der Waals surface area contributed by atoms with E-state index in [1.807, 2.05) is 19.1 Å². The molecule has 0 aromatic carbocycles. The van der Waals surface area contributed by atoms with Crippen LogP contribution in [0.3, 0.4) is 0 Å². The highest BCUT2D eigenvalue weighted by atomic mass is 35.5. The van der Waals surface area contributed by atoms with Gasteiger partial charge < -0.3 is 10.2 Å². The maximum Gasteiger partial charge on any atom is 0.292 e. The molecule has 2 heterocycles. The lowest BCUT2D eigenvalue weighted by molar-refractivity contribution is 0.595. The van der Waals surface area contributed by atoms with E-state index in [9.17, 15) is 0 Å². The highest BCUT2D eigenvalue weighted by Crippen LogP contribution is 2.34. The summed E-state index contributed by atoms with van der Waals surface area (Å²) in [5.41, 5.74) is 6.37. The van der Waals surface area contributed by atoms with Gasteiger partial charge in [0.05, 0.1) is 14.9 Å². The fourth-order valence-corrected chi connectivity index (χ4v) is 2.29. The first-order chi connectivity index (χ1) is 6.70. The Morgan fingerprint density at radius 3 is 2.93 bits per heavy atom. The van der Waals surface area contributed by atoms with Crippen LogP contribution in [-0.2, 0) is 6.42 Å². The maximum atomic E-state index is 5.84. The number of halogens is 1. The van der Waals surface area contributed by atoms with E-state index in [0.29, 0.717) is 0 Å². The Kier molecular flexibility index (Phi) is 2.48. The average molecular weight is 229 g/mol. The molecule has 0 unspecified atom stereocenters. The van der Waals surface area contributed by atoms with Crippen molar-refractivity contribution in [3.05, 3.63) is 22.2 Å². The second kappa shape index (κ2) is 3.63. The van der Waals surface area contributed by atoms with Crippen LogP contribution in [0.2, 0.25) is 4.34 Å². The van der Waals surface area contributed by atoms with Crippen molar-refractivity contribution >= 4 is 29.0 Å². The lowest BCUT2D eigenvalue weighted by Gasteiger charge is -1.92. The van der Waals surface area contributed by atoms with Gasteiger partial charge in [-0.05, 0) is 18.6 Å². The highest BCUT2D eigenvalue weighted by Gasteiger charge is 2.13. The van der Waals surface area contributed by atoms with Gasteiger partial charge in [-0.25, -0.2) is 0 Å². The first-order valence-corrected chi connectivity index (χ1v) is 5.41. The quantitative estimate of drug-likeness (QED) is 0.859. The minimum absolute atomic E-state index is 0.210. The van der Waals surface area contributed by atoms with Gasteiger partial charge in [0.15, 0.2) is 5.76 Å². The number of nitrogens with two attached hydrogens (primary N) is 1. The van der Waals surface area contributed by atoms with Gasteiger partial charge in [-0.15, -0.1) is 11.3 Å². The van der Waals surface area contributed by atoms with E-state index < -0.39 is 0 Å². The second-order valence-corrected chi connectivity index (χ2v) is 4.50. The number of aromatic nitrogens is 1. The van der Waals surface area contributed by atoms with E-state index in [4.69, 9.17) is 21.8 Å². The van der Waals surface area contributed by atoms with Gasteiger partial charge in [-0.1, -0.05) is 18.5 Å². The maximum absolute atomic E-state index is 5.84. The standard InChI is InChI=1S/C9H9ClN2OS/c1-2-5-8(13-9(11)12-5)6-3-4-7(10)14-6/h3-4H,2H2,1H3,(H2,11,12). The van der Waals surface area contributed by atoms with E-state index in [1.54, 1.807) is 0 Å². The first-order valence-electron chi connectivity index (χ1n) is 4.21. The topological polar surface area (TPSA) is 52.0 Å². The number of hydrogen-bond donors (Lipinski definition) is 1. The fourth-order valence-electron chi connectivity index (χ4n) is 1.24. The van der Waals surface area contributed by atoms with Crippen molar-refractivity contribution in [3.8, 4) is 10.6 Å². The van der Waals surface area contributed by atoms with Crippen LogP contribution in [-0.4, -0.2) is 4.98 Å². The van der Waals surface area contributed by atoms with Crippen LogP contribution in [0.15, 0.2) is 16.5 Å². The van der Waals surface area contributed by atoms with Crippen molar-refractivity contribution in [2.45, 2.75) is 13.3 Å². The Hall–Kier alpha value is -1.000. The molecular formula is C9H9ClN2OS. The summed E-state index contributed by atoms with van der Waals surface area (Å²) >= 11 is 7.30. The summed E-state index contributed by atoms with van der Waals surface area (Å²) in [7, 11) is 0. The summed E-state index contributed by atoms with van der Waals surface area (Å²) in [6, 6.07) is 3.95. The molecule has 0 radical (unpaired) electrons. The molecule has 14 heavy (non-hydrogen) atoms. The van der Waals surface area contributed by atoms with Gasteiger partial charge in [-0.3, -0.25) is 0 Å². The van der Waals surface area contributed by atoms with E-state index in [0.717, 1.165) is 27.1 Å². The molecule has 74 valence electrons. The molecule has 0 saturated carbocycles. The molecule has 3 nitrogen and oxygen atoms in total. The molecule has 5 heteroatoms. The van der Waals surface area contributed by atoms with Gasteiger partial charge >= 0.3 is 0 Å². The minimum Gasteiger partial charge on any atom is -0.423 e. The highest BCUT2D eigenvalue weighted by molar-refractivity contribution is 7.19. The average Bonchev–Trinajstić information content (AvgIpc) is 2.71. The SMILES string of the molecule is CCc1nc(N)oc1-c1ccc(Cl)s1. The molecule has 2 aromatic heterocycles. The Morgan fingerprint density at radius 2 is 2.36 bits per heavy atom. The Morgan fingerprint density at radius 1 is 1.57 bits per heavy atom. The molecule has 0 fully saturated rings. The molecule has 0 bridgehead atoms. The molecule has 2 N–H and O–H groups in total. The molecule has 0 amide bonds. The number of rotatable bonds is 2. The van der Waals surface area contributed by atoms with Crippen LogP contribution in [0, 0.1) is 0 Å². The van der Waals surface area contributed by atoms with Crippen LogP contribution < -0.4 is 5.73 Å². The number of hydrogen-bond acceptors (Lipinski definition) is 4. The summed E-state index contributed by atoms with van der Waals surface area (Å²) in [6.07, 6.45) is 0.797. The summed E-state index contributed by atoms with van der Waals surface area (Å²) < 4.78 is 6.06. The summed E-state index contributed by atoms with van der Waals surface area (Å²) in [4.78, 5) is 5.06. The zero-order valence-electron chi connectivity index (χ0n) is 7.58. The summed E-state index contributed by atoms with van der Waals surface area (Å²) in [5.74, 6) is 0.738. The predicted octanol–water partition coefficient (Wildman–Crippen LogP) is 3.20. The van der Waals surface area contributed by atoms with Crippen molar-refractivity contribution in [2.75, 3.05) is 5.73 Å². The molecule has 0 saturated heterocycles. The molecule has 0 aliphatic rings. The number of oxazole rings is 1. The third kappa shape index (κ3) is 1.63. The van der Waals surface area contributed by atoms with E-state index in [1.165, 1.54) is 11.3 Å². The molecule has 0 atom stereocenters. The van der Waals surface area contributed by atoms with Crippen molar-refractivity contribution in [1.82, 2.24) is 4.98 Å². The van der Waals surface area contributed by atoms with Gasteiger partial charge in [0.1, 0.15) is 0 Å². The van der Waals surface area contributed by atoms with Crippen LogP contribution >= 0.6 is 22.9 Å². The van der Waals surface area contributed by atoms with Crippen LogP contribution in [0.25, 0.3) is 10.6 Å². The van der Waals surface area contributed by atoms with Gasteiger partial charge in [0, 0.05) is 0 Å². The summed E-state index contributed by atoms with van der Waals surface area (Å²) in [6.45, 7) is 2.01. The predicted molar refractivity (Wildman–Crippen MR) is 58.6 cm³/mol. The Bertz CT molecular complexity index is 449. The largest absolute Gasteiger partial charge is 0.423 e. The minimum atomic E-state index is 0.210. The van der Waals surface area contributed by atoms with Gasteiger partial charge in [-0.2, -0.15) is 4.98 Å². The molecule has 0 spiro atoms. The number of nitrogens with zero attached hydrogens (tertiary/aromatic N) is 1. The van der Waals surface area contributed by atoms with E-state index in [2.05, 4.69) is 4.98 Å². The van der Waals surface area contributed by atoms with Crippen LogP contribution in [0.1, 0.15) is 12.6 Å². The number of anilines is 1. The smallest absolute Gasteiger partial charge is 0.292 e. The van der Waals surface area contributed by atoms with Crippen LogP contribution in [0.5, 0.6) is 0 Å². The van der Waals surface area contributed by atoms with E-state index >= 15 is 0 Å². The number of nitrogen functional groups attached to an aromatic ring is 1. The number of aryl methyl sites for hydroxylation is 1. The normalized spacial score (nSPS) is 10.7. The monoisotopic (exact) mass is 228 g/mol. The second-order valence-electron chi connectivity index (χ2n) is 2.79. The van der Waals surface area contributed by atoms with Crippen molar-refractivity contribution < 1.29 is 4.42 Å². The van der Waals surface area contributed by atoms with Crippen LogP contribution in [0.4, 0.5) is 6.01 Å². The third-order valence-electron chi connectivity index (χ3n) is 1.85. The molecule has 0 aliphatic carbocycles. The van der Waals surface area contributed by atoms with Crippen molar-refractivity contribution in [3.63, 3.8) is 0 Å². The molecule has 2 aromatic rings. The van der Waals surface area contributed by atoms with E-state index in [-0.39, 0.29) is 6.01 Å².